The molecule has 0 amide bonds. The Kier molecular flexibility index (Phi) is 1.25. The van der Waals surface area contributed by atoms with Crippen molar-refractivity contribution in [3.8, 4) is 6.57 Å². The SMILES string of the molecule is C#[N+]c1cccnc1. The average molecular weight is 105 g/mol. The van der Waals surface area contributed by atoms with Crippen LogP contribution in [0.2, 0.25) is 0 Å². The van der Waals surface area contributed by atoms with E-state index in [2.05, 4.69) is 9.83 Å². The smallest absolute Gasteiger partial charge is 0.256 e. The van der Waals surface area contributed by atoms with Crippen LogP contribution in [0, 0.1) is 6.57 Å². The molecule has 1 heterocycles. The van der Waals surface area contributed by atoms with Crippen molar-refractivity contribution in [2.24, 2.45) is 0 Å². The van der Waals surface area contributed by atoms with Crippen molar-refractivity contribution in [3.05, 3.63) is 29.4 Å². The summed E-state index contributed by atoms with van der Waals surface area (Å²) < 4.78 is 0. The highest BCUT2D eigenvalue weighted by Crippen LogP contribution is 2.05. The molecule has 0 saturated heterocycles. The maximum atomic E-state index is 4.93. The van der Waals surface area contributed by atoms with Crippen molar-refractivity contribution in [2.75, 3.05) is 0 Å². The van der Waals surface area contributed by atoms with Crippen LogP contribution in [0.1, 0.15) is 0 Å². The minimum Gasteiger partial charge on any atom is -0.256 e. The van der Waals surface area contributed by atoms with Crippen LogP contribution in [0.3, 0.4) is 0 Å². The van der Waals surface area contributed by atoms with Crippen molar-refractivity contribution in [1.82, 2.24) is 4.98 Å². The average Bonchev–Trinajstić information content (AvgIpc) is 1.90. The number of pyridine rings is 1. The lowest BCUT2D eigenvalue weighted by atomic mass is 10.4. The zero-order chi connectivity index (χ0) is 5.82. The number of aromatic nitrogens is 1. The second kappa shape index (κ2) is 2.08. The quantitative estimate of drug-likeness (QED) is 0.490. The van der Waals surface area contributed by atoms with E-state index in [1.165, 1.54) is 0 Å². The second-order valence-electron chi connectivity index (χ2n) is 1.34. The lowest BCUT2D eigenvalue weighted by molar-refractivity contribution is 1.34. The molecular formula is C6H5N2+. The van der Waals surface area contributed by atoms with Crippen LogP contribution in [0.4, 0.5) is 5.69 Å². The zero-order valence-corrected chi connectivity index (χ0v) is 4.28. The Morgan fingerprint density at radius 3 is 2.88 bits per heavy atom. The van der Waals surface area contributed by atoms with Gasteiger partial charge in [-0.05, 0) is 10.9 Å². The van der Waals surface area contributed by atoms with Gasteiger partial charge in [-0.25, -0.2) is 0 Å². The van der Waals surface area contributed by atoms with Crippen LogP contribution in [0.25, 0.3) is 4.85 Å². The molecule has 2 nitrogen and oxygen atoms in total. The van der Waals surface area contributed by atoms with E-state index in [1.54, 1.807) is 24.5 Å². The Morgan fingerprint density at radius 1 is 1.62 bits per heavy atom. The molecule has 0 aliphatic rings. The molecule has 0 saturated carbocycles. The number of hydrogen-bond acceptors (Lipinski definition) is 1. The number of hydrogen-bond donors (Lipinski definition) is 0. The summed E-state index contributed by atoms with van der Waals surface area (Å²) in [7, 11) is 0. The van der Waals surface area contributed by atoms with E-state index in [9.17, 15) is 0 Å². The third-order valence-corrected chi connectivity index (χ3v) is 0.795. The maximum absolute atomic E-state index is 4.93. The highest BCUT2D eigenvalue weighted by atomic mass is 14.7. The molecule has 38 valence electrons. The molecule has 0 aliphatic heterocycles. The van der Waals surface area contributed by atoms with E-state index in [-0.39, 0.29) is 0 Å². The first-order valence-corrected chi connectivity index (χ1v) is 2.24. The third kappa shape index (κ3) is 0.824. The lowest BCUT2D eigenvalue weighted by Crippen LogP contribution is -1.62. The first-order valence-electron chi connectivity index (χ1n) is 2.24. The van der Waals surface area contributed by atoms with Crippen LogP contribution in [0.5, 0.6) is 0 Å². The standard InChI is InChI=1S/C6H5N2/c1-7-6-3-2-4-8-5-6/h1-5H/q+1. The van der Waals surface area contributed by atoms with Crippen LogP contribution in [-0.4, -0.2) is 4.98 Å². The normalized spacial score (nSPS) is 7.88. The molecule has 0 N–H and O–H groups in total. The largest absolute Gasteiger partial charge is 0.357 e. The molecule has 8 heavy (non-hydrogen) atoms. The maximum Gasteiger partial charge on any atom is 0.357 e. The van der Waals surface area contributed by atoms with Crippen LogP contribution >= 0.6 is 0 Å². The van der Waals surface area contributed by atoms with E-state index < -0.39 is 0 Å². The monoisotopic (exact) mass is 105 g/mol. The summed E-state index contributed by atoms with van der Waals surface area (Å²) in [4.78, 5) is 7.19. The molecule has 1 rings (SSSR count). The first kappa shape index (κ1) is 4.79. The molecule has 1 aromatic heterocycles. The van der Waals surface area contributed by atoms with Gasteiger partial charge in [-0.15, -0.1) is 0 Å². The van der Waals surface area contributed by atoms with Gasteiger partial charge in [0.05, 0.1) is 0 Å². The van der Waals surface area contributed by atoms with Crippen molar-refractivity contribution in [2.45, 2.75) is 0 Å². The predicted octanol–water partition coefficient (Wildman–Crippen LogP) is 1.68. The zero-order valence-electron chi connectivity index (χ0n) is 4.28. The van der Waals surface area contributed by atoms with E-state index in [0.717, 1.165) is 0 Å². The Balaban J connectivity index is 3.05. The van der Waals surface area contributed by atoms with Gasteiger partial charge in [-0.3, -0.25) is 4.98 Å². The van der Waals surface area contributed by atoms with E-state index >= 15 is 0 Å². The minimum absolute atomic E-state index is 0.701. The van der Waals surface area contributed by atoms with Crippen molar-refractivity contribution in [1.29, 1.82) is 0 Å². The van der Waals surface area contributed by atoms with Crippen LogP contribution < -0.4 is 0 Å². The molecule has 1 aromatic rings. The van der Waals surface area contributed by atoms with Gasteiger partial charge in [-0.1, -0.05) is 0 Å². The second-order valence-corrected chi connectivity index (χ2v) is 1.34. The van der Waals surface area contributed by atoms with E-state index in [4.69, 9.17) is 6.57 Å². The van der Waals surface area contributed by atoms with Gasteiger partial charge in [0.1, 0.15) is 6.20 Å². The van der Waals surface area contributed by atoms with Gasteiger partial charge < -0.3 is 0 Å². The molecule has 0 spiro atoms. The summed E-state index contributed by atoms with van der Waals surface area (Å²) in [6, 6.07) is 3.57. The summed E-state index contributed by atoms with van der Waals surface area (Å²) in [6.07, 6.45) is 3.27. The van der Waals surface area contributed by atoms with Gasteiger partial charge in [-0.2, -0.15) is 0 Å². The van der Waals surface area contributed by atoms with Gasteiger partial charge in [0.25, 0.3) is 6.57 Å². The fourth-order valence-corrected chi connectivity index (χ4v) is 0.430. The van der Waals surface area contributed by atoms with Gasteiger partial charge in [0, 0.05) is 12.3 Å². The topological polar surface area (TPSA) is 17.2 Å². The Hall–Kier alpha value is -1.36. The number of nitrogens with zero attached hydrogens (tertiary/aromatic N) is 2. The fraction of sp³-hybridized carbons (Fsp3) is 0. The summed E-state index contributed by atoms with van der Waals surface area (Å²) in [5, 5.41) is 0. The van der Waals surface area contributed by atoms with Gasteiger partial charge >= 0.3 is 5.69 Å². The summed E-state index contributed by atoms with van der Waals surface area (Å²) in [5.74, 6) is 0. The first-order chi connectivity index (χ1) is 3.93. The fourth-order valence-electron chi connectivity index (χ4n) is 0.430. The Morgan fingerprint density at radius 2 is 2.50 bits per heavy atom. The minimum atomic E-state index is 0.701. The molecule has 0 aromatic carbocycles. The molecule has 0 aliphatic carbocycles. The number of rotatable bonds is 0. The molecule has 0 radical (unpaired) electrons. The third-order valence-electron chi connectivity index (χ3n) is 0.795. The van der Waals surface area contributed by atoms with Crippen LogP contribution in [0.15, 0.2) is 24.5 Å². The molecule has 2 heteroatoms. The lowest BCUT2D eigenvalue weighted by Gasteiger charge is -1.71. The summed E-state index contributed by atoms with van der Waals surface area (Å²) in [5.41, 5.74) is 0.701. The van der Waals surface area contributed by atoms with Gasteiger partial charge in [0.15, 0.2) is 0 Å². The predicted molar refractivity (Wildman–Crippen MR) is 32.2 cm³/mol. The molecule has 0 unspecified atom stereocenters. The van der Waals surface area contributed by atoms with Crippen molar-refractivity contribution >= 4 is 5.69 Å². The Labute approximate surface area is 47.6 Å². The van der Waals surface area contributed by atoms with E-state index in [1.807, 2.05) is 0 Å². The van der Waals surface area contributed by atoms with E-state index in [0.29, 0.717) is 5.69 Å². The van der Waals surface area contributed by atoms with Crippen molar-refractivity contribution in [3.63, 3.8) is 0 Å². The van der Waals surface area contributed by atoms with Gasteiger partial charge in [0.2, 0.25) is 0 Å². The molecule has 0 bridgehead atoms. The highest BCUT2D eigenvalue weighted by molar-refractivity contribution is 5.41. The summed E-state index contributed by atoms with van der Waals surface area (Å²) in [6.45, 7) is 4.93. The molecular weight excluding hydrogens is 100 g/mol. The van der Waals surface area contributed by atoms with Crippen LogP contribution in [-0.2, 0) is 0 Å². The Bertz CT molecular complexity index is 198. The van der Waals surface area contributed by atoms with Crippen molar-refractivity contribution < 1.29 is 0 Å². The summed E-state index contributed by atoms with van der Waals surface area (Å²) >= 11 is 0. The molecule has 0 fully saturated rings. The molecule has 0 atom stereocenters. The highest BCUT2D eigenvalue weighted by Gasteiger charge is 1.92.